The summed E-state index contributed by atoms with van der Waals surface area (Å²) >= 11 is 0. The first kappa shape index (κ1) is 12.9. The predicted octanol–water partition coefficient (Wildman–Crippen LogP) is 1.05. The summed E-state index contributed by atoms with van der Waals surface area (Å²) in [7, 11) is 0. The first-order valence-electron chi connectivity index (χ1n) is 5.02. The van der Waals surface area contributed by atoms with Gasteiger partial charge in [0.15, 0.2) is 0 Å². The molecule has 0 aliphatic rings. The van der Waals surface area contributed by atoms with Crippen LogP contribution in [0.15, 0.2) is 18.2 Å². The second-order valence-corrected chi connectivity index (χ2v) is 3.36. The Bertz CT molecular complexity index is 434. The number of carbonyl (C=O) groups is 1. The standard InChI is InChI=1S/C10H13N3O4/c11-4-1-5-12-9-6-7(13(16)17)2-3-8(9)10(14)15/h2-3,6,12H,1,4-5,11H2,(H,14,15). The van der Waals surface area contributed by atoms with Gasteiger partial charge in [0.05, 0.1) is 16.2 Å². The SMILES string of the molecule is NCCCNc1cc([N+](=O)[O-])ccc1C(=O)O. The van der Waals surface area contributed by atoms with Gasteiger partial charge in [-0.3, -0.25) is 10.1 Å². The van der Waals surface area contributed by atoms with Crippen LogP contribution < -0.4 is 11.1 Å². The lowest BCUT2D eigenvalue weighted by molar-refractivity contribution is -0.384. The Morgan fingerprint density at radius 1 is 1.53 bits per heavy atom. The van der Waals surface area contributed by atoms with E-state index >= 15 is 0 Å². The minimum Gasteiger partial charge on any atom is -0.478 e. The maximum atomic E-state index is 10.9. The van der Waals surface area contributed by atoms with E-state index in [1.54, 1.807) is 0 Å². The molecule has 1 aromatic rings. The van der Waals surface area contributed by atoms with E-state index in [4.69, 9.17) is 10.8 Å². The van der Waals surface area contributed by atoms with Crippen LogP contribution in [-0.2, 0) is 0 Å². The van der Waals surface area contributed by atoms with Gasteiger partial charge in [-0.25, -0.2) is 4.79 Å². The molecule has 7 nitrogen and oxygen atoms in total. The number of benzene rings is 1. The zero-order valence-corrected chi connectivity index (χ0v) is 9.05. The molecule has 1 aromatic carbocycles. The molecule has 0 unspecified atom stereocenters. The molecule has 0 saturated carbocycles. The normalized spacial score (nSPS) is 9.94. The van der Waals surface area contributed by atoms with Crippen LogP contribution in [0.25, 0.3) is 0 Å². The highest BCUT2D eigenvalue weighted by atomic mass is 16.6. The first-order valence-corrected chi connectivity index (χ1v) is 5.02. The molecule has 7 heteroatoms. The number of carboxylic acids is 1. The number of aromatic carboxylic acids is 1. The van der Waals surface area contributed by atoms with E-state index < -0.39 is 10.9 Å². The molecule has 0 saturated heterocycles. The average molecular weight is 239 g/mol. The zero-order valence-electron chi connectivity index (χ0n) is 9.05. The summed E-state index contributed by atoms with van der Waals surface area (Å²) in [6.45, 7) is 0.933. The van der Waals surface area contributed by atoms with Crippen LogP contribution in [0.4, 0.5) is 11.4 Å². The molecule has 0 radical (unpaired) electrons. The van der Waals surface area contributed by atoms with Crippen molar-refractivity contribution in [3.8, 4) is 0 Å². The molecule has 0 aliphatic carbocycles. The highest BCUT2D eigenvalue weighted by Crippen LogP contribution is 2.22. The summed E-state index contributed by atoms with van der Waals surface area (Å²) in [5.74, 6) is -1.13. The van der Waals surface area contributed by atoms with Crippen LogP contribution >= 0.6 is 0 Å². The topological polar surface area (TPSA) is 118 Å². The molecule has 0 amide bonds. The van der Waals surface area contributed by atoms with E-state index in [1.807, 2.05) is 0 Å². The third-order valence-corrected chi connectivity index (χ3v) is 2.14. The van der Waals surface area contributed by atoms with Crippen molar-refractivity contribution < 1.29 is 14.8 Å². The molecule has 1 rings (SSSR count). The van der Waals surface area contributed by atoms with Crippen LogP contribution in [-0.4, -0.2) is 29.1 Å². The van der Waals surface area contributed by atoms with Gasteiger partial charge in [-0.2, -0.15) is 0 Å². The summed E-state index contributed by atoms with van der Waals surface area (Å²) in [5.41, 5.74) is 5.40. The van der Waals surface area contributed by atoms with Gasteiger partial charge in [0.2, 0.25) is 0 Å². The number of hydrogen-bond acceptors (Lipinski definition) is 5. The van der Waals surface area contributed by atoms with Gasteiger partial charge in [0.1, 0.15) is 0 Å². The molecule has 0 fully saturated rings. The smallest absolute Gasteiger partial charge is 0.337 e. The van der Waals surface area contributed by atoms with E-state index in [2.05, 4.69) is 5.32 Å². The van der Waals surface area contributed by atoms with Crippen molar-refractivity contribution in [3.63, 3.8) is 0 Å². The maximum absolute atomic E-state index is 10.9. The molecule has 4 N–H and O–H groups in total. The van der Waals surface area contributed by atoms with E-state index in [-0.39, 0.29) is 16.9 Å². The van der Waals surface area contributed by atoms with E-state index in [0.717, 1.165) is 6.07 Å². The number of non-ortho nitro benzene ring substituents is 1. The Morgan fingerprint density at radius 3 is 2.76 bits per heavy atom. The number of nitrogens with one attached hydrogen (secondary N) is 1. The van der Waals surface area contributed by atoms with Crippen molar-refractivity contribution in [2.24, 2.45) is 5.73 Å². The molecule has 0 bridgehead atoms. The molecule has 0 aromatic heterocycles. The Morgan fingerprint density at radius 2 is 2.24 bits per heavy atom. The van der Waals surface area contributed by atoms with Crippen LogP contribution in [0.3, 0.4) is 0 Å². The van der Waals surface area contributed by atoms with Crippen molar-refractivity contribution in [2.75, 3.05) is 18.4 Å². The summed E-state index contributed by atoms with van der Waals surface area (Å²) in [5, 5.41) is 22.3. The number of nitro benzene ring substituents is 1. The summed E-state index contributed by atoms with van der Waals surface area (Å²) in [6.07, 6.45) is 0.655. The van der Waals surface area contributed by atoms with Gasteiger partial charge in [0.25, 0.3) is 5.69 Å². The van der Waals surface area contributed by atoms with Crippen molar-refractivity contribution in [1.29, 1.82) is 0 Å². The molecular weight excluding hydrogens is 226 g/mol. The number of anilines is 1. The average Bonchev–Trinajstić information content (AvgIpc) is 2.28. The summed E-state index contributed by atoms with van der Waals surface area (Å²) in [6, 6.07) is 3.59. The number of nitrogens with two attached hydrogens (primary N) is 1. The van der Waals surface area contributed by atoms with Crippen LogP contribution in [0.2, 0.25) is 0 Å². The second-order valence-electron chi connectivity index (χ2n) is 3.36. The van der Waals surface area contributed by atoms with E-state index in [0.29, 0.717) is 19.5 Å². The zero-order chi connectivity index (χ0) is 12.8. The maximum Gasteiger partial charge on any atom is 0.337 e. The predicted molar refractivity (Wildman–Crippen MR) is 62.2 cm³/mol. The number of nitrogens with zero attached hydrogens (tertiary/aromatic N) is 1. The van der Waals surface area contributed by atoms with Gasteiger partial charge >= 0.3 is 5.97 Å². The molecular formula is C10H13N3O4. The Labute approximate surface area is 97.4 Å². The summed E-state index contributed by atoms with van der Waals surface area (Å²) in [4.78, 5) is 20.9. The molecule has 92 valence electrons. The van der Waals surface area contributed by atoms with Gasteiger partial charge in [0, 0.05) is 18.7 Å². The van der Waals surface area contributed by atoms with Gasteiger partial charge < -0.3 is 16.2 Å². The first-order chi connectivity index (χ1) is 8.06. The third-order valence-electron chi connectivity index (χ3n) is 2.14. The lowest BCUT2D eigenvalue weighted by atomic mass is 10.1. The quantitative estimate of drug-likeness (QED) is 0.388. The van der Waals surface area contributed by atoms with E-state index in [9.17, 15) is 14.9 Å². The Balaban J connectivity index is 2.98. The van der Waals surface area contributed by atoms with Crippen molar-refractivity contribution >= 4 is 17.3 Å². The number of rotatable bonds is 6. The fraction of sp³-hybridized carbons (Fsp3) is 0.300. The second kappa shape index (κ2) is 5.80. The lowest BCUT2D eigenvalue weighted by Gasteiger charge is -2.08. The minimum atomic E-state index is -1.13. The van der Waals surface area contributed by atoms with Crippen molar-refractivity contribution in [2.45, 2.75) is 6.42 Å². The summed E-state index contributed by atoms with van der Waals surface area (Å²) < 4.78 is 0. The Hall–Kier alpha value is -2.15. The third kappa shape index (κ3) is 3.42. The molecule has 0 heterocycles. The lowest BCUT2D eigenvalue weighted by Crippen LogP contribution is -2.11. The molecule has 17 heavy (non-hydrogen) atoms. The molecule has 0 atom stereocenters. The van der Waals surface area contributed by atoms with Crippen molar-refractivity contribution in [3.05, 3.63) is 33.9 Å². The van der Waals surface area contributed by atoms with Gasteiger partial charge in [-0.05, 0) is 19.0 Å². The molecule has 0 spiro atoms. The van der Waals surface area contributed by atoms with Gasteiger partial charge in [-0.15, -0.1) is 0 Å². The van der Waals surface area contributed by atoms with Crippen molar-refractivity contribution in [1.82, 2.24) is 0 Å². The highest BCUT2D eigenvalue weighted by Gasteiger charge is 2.14. The number of hydrogen-bond donors (Lipinski definition) is 3. The van der Waals surface area contributed by atoms with Crippen LogP contribution in [0, 0.1) is 10.1 Å². The van der Waals surface area contributed by atoms with Crippen LogP contribution in [0.1, 0.15) is 16.8 Å². The molecule has 0 aliphatic heterocycles. The fourth-order valence-corrected chi connectivity index (χ4v) is 1.30. The monoisotopic (exact) mass is 239 g/mol. The fourth-order valence-electron chi connectivity index (χ4n) is 1.30. The highest BCUT2D eigenvalue weighted by molar-refractivity contribution is 5.94. The van der Waals surface area contributed by atoms with E-state index in [1.165, 1.54) is 12.1 Å². The number of carboxylic acid groups (broad SMARTS) is 1. The van der Waals surface area contributed by atoms with Crippen LogP contribution in [0.5, 0.6) is 0 Å². The minimum absolute atomic E-state index is 0.00706. The Kier molecular flexibility index (Phi) is 4.41. The number of nitro groups is 1. The largest absolute Gasteiger partial charge is 0.478 e. The van der Waals surface area contributed by atoms with Gasteiger partial charge in [-0.1, -0.05) is 0 Å².